The average Bonchev–Trinajstić information content (AvgIpc) is 2.54. The molecule has 2 aromatic carbocycles. The monoisotopic (exact) mass is 329 g/mol. The zero-order chi connectivity index (χ0) is 17.5. The Kier molecular flexibility index (Phi) is 6.07. The van der Waals surface area contributed by atoms with Crippen molar-refractivity contribution in [2.75, 3.05) is 0 Å². The van der Waals surface area contributed by atoms with Crippen LogP contribution in [-0.4, -0.2) is 17.0 Å². The standard InChI is InChI=1S/C19H20FNO3/c1-13(10-14-6-5-9-16(20)11-14)19(24)21-17(12-18(22)23)15-7-3-2-4-8-15/h2-9,11,13,17H,10,12H2,1H3,(H,21,24)(H,22,23). The van der Waals surface area contributed by atoms with E-state index in [1.165, 1.54) is 12.1 Å². The van der Waals surface area contributed by atoms with E-state index in [0.717, 1.165) is 11.1 Å². The Morgan fingerprint density at radius 2 is 1.83 bits per heavy atom. The third-order valence-electron chi connectivity index (χ3n) is 3.78. The number of halogens is 1. The minimum atomic E-state index is -0.984. The summed E-state index contributed by atoms with van der Waals surface area (Å²) in [4.78, 5) is 23.5. The predicted molar refractivity (Wildman–Crippen MR) is 88.8 cm³/mol. The molecule has 0 radical (unpaired) electrons. The smallest absolute Gasteiger partial charge is 0.305 e. The number of rotatable bonds is 7. The highest BCUT2D eigenvalue weighted by molar-refractivity contribution is 5.80. The van der Waals surface area contributed by atoms with Gasteiger partial charge in [-0.15, -0.1) is 0 Å². The van der Waals surface area contributed by atoms with E-state index in [-0.39, 0.29) is 18.1 Å². The molecule has 0 saturated heterocycles. The summed E-state index contributed by atoms with van der Waals surface area (Å²) in [7, 11) is 0. The van der Waals surface area contributed by atoms with Crippen LogP contribution in [0, 0.1) is 11.7 Å². The Labute approximate surface area is 140 Å². The third-order valence-corrected chi connectivity index (χ3v) is 3.78. The lowest BCUT2D eigenvalue weighted by molar-refractivity contribution is -0.137. The second-order valence-corrected chi connectivity index (χ2v) is 5.80. The first kappa shape index (κ1) is 17.7. The number of aliphatic carboxylic acids is 1. The lowest BCUT2D eigenvalue weighted by Gasteiger charge is -2.20. The molecular formula is C19H20FNO3. The average molecular weight is 329 g/mol. The fraction of sp³-hybridized carbons (Fsp3) is 0.263. The van der Waals surface area contributed by atoms with Crippen molar-refractivity contribution in [2.45, 2.75) is 25.8 Å². The van der Waals surface area contributed by atoms with Crippen molar-refractivity contribution < 1.29 is 19.1 Å². The minimum absolute atomic E-state index is 0.192. The van der Waals surface area contributed by atoms with Gasteiger partial charge in [-0.1, -0.05) is 49.4 Å². The highest BCUT2D eigenvalue weighted by atomic mass is 19.1. The van der Waals surface area contributed by atoms with Crippen LogP contribution >= 0.6 is 0 Å². The van der Waals surface area contributed by atoms with E-state index in [9.17, 15) is 14.0 Å². The SMILES string of the molecule is CC(Cc1cccc(F)c1)C(=O)NC(CC(=O)O)c1ccccc1. The van der Waals surface area contributed by atoms with Crippen molar-refractivity contribution in [3.63, 3.8) is 0 Å². The summed E-state index contributed by atoms with van der Waals surface area (Å²) in [6, 6.07) is 14.5. The van der Waals surface area contributed by atoms with Crippen LogP contribution in [0.3, 0.4) is 0 Å². The number of hydrogen-bond donors (Lipinski definition) is 2. The van der Waals surface area contributed by atoms with Crippen molar-refractivity contribution in [3.05, 3.63) is 71.5 Å². The molecular weight excluding hydrogens is 309 g/mol. The molecule has 0 aliphatic carbocycles. The van der Waals surface area contributed by atoms with Crippen LogP contribution in [0.25, 0.3) is 0 Å². The van der Waals surface area contributed by atoms with Crippen molar-refractivity contribution >= 4 is 11.9 Å². The summed E-state index contributed by atoms with van der Waals surface area (Å²) < 4.78 is 13.2. The lowest BCUT2D eigenvalue weighted by atomic mass is 9.98. The van der Waals surface area contributed by atoms with E-state index in [1.54, 1.807) is 43.3 Å². The Bertz CT molecular complexity index is 703. The molecule has 0 aromatic heterocycles. The minimum Gasteiger partial charge on any atom is -0.481 e. The maximum atomic E-state index is 13.2. The number of carbonyl (C=O) groups excluding carboxylic acids is 1. The molecule has 2 N–H and O–H groups in total. The molecule has 0 bridgehead atoms. The Hall–Kier alpha value is -2.69. The molecule has 0 aliphatic heterocycles. The summed E-state index contributed by atoms with van der Waals surface area (Å²) in [6.07, 6.45) is 0.195. The topological polar surface area (TPSA) is 66.4 Å². The van der Waals surface area contributed by atoms with E-state index in [4.69, 9.17) is 5.11 Å². The van der Waals surface area contributed by atoms with Gasteiger partial charge in [0.1, 0.15) is 5.82 Å². The second-order valence-electron chi connectivity index (χ2n) is 5.80. The Morgan fingerprint density at radius 3 is 2.46 bits per heavy atom. The Morgan fingerprint density at radius 1 is 1.12 bits per heavy atom. The molecule has 2 rings (SSSR count). The molecule has 2 aromatic rings. The van der Waals surface area contributed by atoms with E-state index in [2.05, 4.69) is 5.32 Å². The summed E-state index contributed by atoms with van der Waals surface area (Å²) in [5.74, 6) is -1.98. The maximum absolute atomic E-state index is 13.2. The molecule has 2 atom stereocenters. The first-order valence-electron chi connectivity index (χ1n) is 7.77. The predicted octanol–water partition coefficient (Wildman–Crippen LogP) is 3.34. The molecule has 24 heavy (non-hydrogen) atoms. The molecule has 0 saturated carbocycles. The van der Waals surface area contributed by atoms with Gasteiger partial charge in [-0.05, 0) is 29.7 Å². The van der Waals surface area contributed by atoms with Crippen molar-refractivity contribution in [1.82, 2.24) is 5.32 Å². The normalized spacial score (nSPS) is 13.1. The molecule has 5 heteroatoms. The van der Waals surface area contributed by atoms with Gasteiger partial charge in [-0.2, -0.15) is 0 Å². The first-order valence-corrected chi connectivity index (χ1v) is 7.77. The van der Waals surface area contributed by atoms with E-state index in [0.29, 0.717) is 6.42 Å². The largest absolute Gasteiger partial charge is 0.481 e. The van der Waals surface area contributed by atoms with Crippen LogP contribution in [0.1, 0.15) is 30.5 Å². The highest BCUT2D eigenvalue weighted by Gasteiger charge is 2.21. The van der Waals surface area contributed by atoms with Crippen LogP contribution in [-0.2, 0) is 16.0 Å². The number of benzene rings is 2. The van der Waals surface area contributed by atoms with Crippen LogP contribution in [0.2, 0.25) is 0 Å². The van der Waals surface area contributed by atoms with Gasteiger partial charge in [0.15, 0.2) is 0 Å². The number of amides is 1. The number of carboxylic acids is 1. The first-order chi connectivity index (χ1) is 11.5. The number of carbonyl (C=O) groups is 2. The molecule has 2 unspecified atom stereocenters. The number of carboxylic acid groups (broad SMARTS) is 1. The second kappa shape index (κ2) is 8.24. The summed E-state index contributed by atoms with van der Waals surface area (Å²) in [5, 5.41) is 11.9. The summed E-state index contributed by atoms with van der Waals surface area (Å²) in [5.41, 5.74) is 1.47. The summed E-state index contributed by atoms with van der Waals surface area (Å²) >= 11 is 0. The van der Waals surface area contributed by atoms with Gasteiger partial charge in [-0.25, -0.2) is 4.39 Å². The maximum Gasteiger partial charge on any atom is 0.305 e. The number of hydrogen-bond acceptors (Lipinski definition) is 2. The van der Waals surface area contributed by atoms with Crippen molar-refractivity contribution in [2.24, 2.45) is 5.92 Å². The molecule has 4 nitrogen and oxygen atoms in total. The Balaban J connectivity index is 2.05. The molecule has 0 fully saturated rings. The summed E-state index contributed by atoms with van der Waals surface area (Å²) in [6.45, 7) is 1.74. The van der Waals surface area contributed by atoms with E-state index < -0.39 is 17.9 Å². The fourth-order valence-electron chi connectivity index (χ4n) is 2.54. The van der Waals surface area contributed by atoms with Gasteiger partial charge in [0.05, 0.1) is 12.5 Å². The molecule has 0 heterocycles. The van der Waals surface area contributed by atoms with E-state index in [1.807, 2.05) is 6.07 Å². The zero-order valence-corrected chi connectivity index (χ0v) is 13.4. The lowest BCUT2D eigenvalue weighted by Crippen LogP contribution is -2.34. The van der Waals surface area contributed by atoms with Crippen LogP contribution in [0.5, 0.6) is 0 Å². The van der Waals surface area contributed by atoms with Crippen LogP contribution < -0.4 is 5.32 Å². The van der Waals surface area contributed by atoms with Gasteiger partial charge in [0.2, 0.25) is 5.91 Å². The quantitative estimate of drug-likeness (QED) is 0.819. The van der Waals surface area contributed by atoms with Gasteiger partial charge < -0.3 is 10.4 Å². The van der Waals surface area contributed by atoms with E-state index >= 15 is 0 Å². The molecule has 126 valence electrons. The van der Waals surface area contributed by atoms with Crippen molar-refractivity contribution in [3.8, 4) is 0 Å². The third kappa shape index (κ3) is 5.19. The van der Waals surface area contributed by atoms with Gasteiger partial charge in [-0.3, -0.25) is 9.59 Å². The van der Waals surface area contributed by atoms with Gasteiger partial charge in [0.25, 0.3) is 0 Å². The van der Waals surface area contributed by atoms with Crippen LogP contribution in [0.15, 0.2) is 54.6 Å². The molecule has 0 aliphatic rings. The van der Waals surface area contributed by atoms with Gasteiger partial charge in [0, 0.05) is 5.92 Å². The molecule has 0 spiro atoms. The zero-order valence-electron chi connectivity index (χ0n) is 13.4. The molecule has 1 amide bonds. The highest BCUT2D eigenvalue weighted by Crippen LogP contribution is 2.18. The fourth-order valence-corrected chi connectivity index (χ4v) is 2.54. The number of nitrogens with one attached hydrogen (secondary N) is 1. The van der Waals surface area contributed by atoms with Crippen LogP contribution in [0.4, 0.5) is 4.39 Å². The van der Waals surface area contributed by atoms with Gasteiger partial charge >= 0.3 is 5.97 Å². The van der Waals surface area contributed by atoms with Crippen molar-refractivity contribution in [1.29, 1.82) is 0 Å².